The minimum Gasteiger partial charge on any atom is -0.495 e. The molecule has 4 rings (SSSR count). The van der Waals surface area contributed by atoms with Gasteiger partial charge in [-0.3, -0.25) is 14.5 Å². The Morgan fingerprint density at radius 3 is 2.52 bits per heavy atom. The van der Waals surface area contributed by atoms with Crippen LogP contribution in [0.4, 0.5) is 17.1 Å². The van der Waals surface area contributed by atoms with Crippen molar-refractivity contribution in [2.45, 2.75) is 38.1 Å². The fourth-order valence-corrected chi connectivity index (χ4v) is 4.20. The maximum Gasteiger partial charge on any atom is 0.247 e. The molecule has 2 aliphatic rings. The molecule has 0 spiro atoms. The highest BCUT2D eigenvalue weighted by atomic mass is 16.5. The number of nitrogens with zero attached hydrogens (tertiary/aromatic N) is 2. The molecule has 0 bridgehead atoms. The number of methoxy groups -OCH3 is 1. The molecule has 2 saturated heterocycles. The number of anilines is 3. The van der Waals surface area contributed by atoms with Crippen LogP contribution < -0.4 is 19.9 Å². The van der Waals surface area contributed by atoms with E-state index in [2.05, 4.69) is 10.2 Å². The first kappa shape index (κ1) is 19.3. The van der Waals surface area contributed by atoms with Gasteiger partial charge in [-0.2, -0.15) is 0 Å². The summed E-state index contributed by atoms with van der Waals surface area (Å²) in [4.78, 5) is 29.5. The molecule has 0 aromatic heterocycles. The summed E-state index contributed by atoms with van der Waals surface area (Å²) in [6.07, 6.45) is 4.51. The van der Waals surface area contributed by atoms with Crippen molar-refractivity contribution in [2.75, 3.05) is 35.3 Å². The van der Waals surface area contributed by atoms with Gasteiger partial charge < -0.3 is 15.0 Å². The smallest absolute Gasteiger partial charge is 0.247 e. The molecule has 1 N–H and O–H groups in total. The quantitative estimate of drug-likeness (QED) is 0.839. The highest BCUT2D eigenvalue weighted by Gasteiger charge is 2.37. The van der Waals surface area contributed by atoms with Gasteiger partial charge in [0.2, 0.25) is 11.8 Å². The lowest BCUT2D eigenvalue weighted by atomic mass is 10.1. The van der Waals surface area contributed by atoms with E-state index >= 15 is 0 Å². The van der Waals surface area contributed by atoms with Crippen molar-refractivity contribution in [3.8, 4) is 5.75 Å². The Bertz CT molecular complexity index is 878. The van der Waals surface area contributed by atoms with Crippen molar-refractivity contribution >= 4 is 28.9 Å². The van der Waals surface area contributed by atoms with E-state index in [0.29, 0.717) is 24.3 Å². The van der Waals surface area contributed by atoms with E-state index < -0.39 is 6.04 Å². The normalized spacial score (nSPS) is 19.3. The topological polar surface area (TPSA) is 61.9 Å². The summed E-state index contributed by atoms with van der Waals surface area (Å²) < 4.78 is 5.47. The third kappa shape index (κ3) is 4.06. The van der Waals surface area contributed by atoms with Gasteiger partial charge in [0.25, 0.3) is 0 Å². The van der Waals surface area contributed by atoms with Gasteiger partial charge in [-0.1, -0.05) is 18.2 Å². The highest BCUT2D eigenvalue weighted by molar-refractivity contribution is 6.08. The van der Waals surface area contributed by atoms with E-state index in [9.17, 15) is 9.59 Å². The first-order chi connectivity index (χ1) is 14.2. The Hall–Kier alpha value is -3.02. The Morgan fingerprint density at radius 2 is 1.79 bits per heavy atom. The Balaban J connectivity index is 1.56. The zero-order valence-corrected chi connectivity index (χ0v) is 16.8. The number of hydrogen-bond donors (Lipinski definition) is 1. The molecule has 0 aliphatic carbocycles. The van der Waals surface area contributed by atoms with Gasteiger partial charge in [0.05, 0.1) is 12.8 Å². The third-order valence-corrected chi connectivity index (χ3v) is 5.71. The first-order valence-corrected chi connectivity index (χ1v) is 10.3. The molecule has 1 atom stereocenters. The minimum atomic E-state index is -0.520. The van der Waals surface area contributed by atoms with Crippen LogP contribution in [0.5, 0.6) is 5.75 Å². The summed E-state index contributed by atoms with van der Waals surface area (Å²) in [6.45, 7) is 2.05. The lowest BCUT2D eigenvalue weighted by Gasteiger charge is -2.29. The summed E-state index contributed by atoms with van der Waals surface area (Å²) in [5, 5.41) is 3.02. The van der Waals surface area contributed by atoms with E-state index in [1.165, 1.54) is 19.3 Å². The molecule has 0 radical (unpaired) electrons. The van der Waals surface area contributed by atoms with Crippen LogP contribution in [0.2, 0.25) is 0 Å². The van der Waals surface area contributed by atoms with Crippen molar-refractivity contribution in [3.05, 3.63) is 48.5 Å². The van der Waals surface area contributed by atoms with Crippen LogP contribution in [-0.2, 0) is 9.59 Å². The average Bonchev–Trinajstić information content (AvgIpc) is 3.16. The standard InChI is InChI=1S/C23H27N3O3/c1-29-21-12-10-18(25-14-6-3-7-15-25)16-19(21)24-23(28)20-11-13-22(27)26(20)17-8-4-2-5-9-17/h2,4-5,8-10,12,16,20H,3,6-7,11,13-15H2,1H3,(H,24,28). The van der Waals surface area contributed by atoms with E-state index in [1.54, 1.807) is 12.0 Å². The molecule has 2 amide bonds. The number of piperidine rings is 1. The maximum absolute atomic E-state index is 13.1. The zero-order chi connectivity index (χ0) is 20.2. The van der Waals surface area contributed by atoms with E-state index in [1.807, 2.05) is 48.5 Å². The van der Waals surface area contributed by atoms with Gasteiger partial charge in [-0.05, 0) is 56.0 Å². The molecule has 0 saturated carbocycles. The largest absolute Gasteiger partial charge is 0.495 e. The summed E-state index contributed by atoms with van der Waals surface area (Å²) in [5.41, 5.74) is 2.49. The molecule has 6 nitrogen and oxygen atoms in total. The molecule has 152 valence electrons. The van der Waals surface area contributed by atoms with Crippen molar-refractivity contribution in [2.24, 2.45) is 0 Å². The lowest BCUT2D eigenvalue weighted by Crippen LogP contribution is -2.41. The summed E-state index contributed by atoms with van der Waals surface area (Å²) in [5.74, 6) is 0.411. The Morgan fingerprint density at radius 1 is 1.03 bits per heavy atom. The molecule has 2 aromatic carbocycles. The second kappa shape index (κ2) is 8.55. The van der Waals surface area contributed by atoms with Gasteiger partial charge in [0.15, 0.2) is 0 Å². The monoisotopic (exact) mass is 393 g/mol. The molecule has 1 unspecified atom stereocenters. The predicted molar refractivity (Wildman–Crippen MR) is 115 cm³/mol. The number of hydrogen-bond acceptors (Lipinski definition) is 4. The van der Waals surface area contributed by atoms with Crippen LogP contribution in [-0.4, -0.2) is 38.1 Å². The average molecular weight is 393 g/mol. The van der Waals surface area contributed by atoms with Crippen LogP contribution in [0.25, 0.3) is 0 Å². The van der Waals surface area contributed by atoms with Crippen molar-refractivity contribution in [1.29, 1.82) is 0 Å². The number of ether oxygens (including phenoxy) is 1. The van der Waals surface area contributed by atoms with Crippen LogP contribution in [0.1, 0.15) is 32.1 Å². The Kier molecular flexibility index (Phi) is 5.69. The summed E-state index contributed by atoms with van der Waals surface area (Å²) in [6, 6.07) is 14.8. The number of carbonyl (C=O) groups is 2. The molecular weight excluding hydrogens is 366 g/mol. The molecular formula is C23H27N3O3. The molecule has 2 fully saturated rings. The number of rotatable bonds is 5. The van der Waals surface area contributed by atoms with E-state index in [-0.39, 0.29) is 11.8 Å². The van der Waals surface area contributed by atoms with Gasteiger partial charge in [-0.25, -0.2) is 0 Å². The molecule has 6 heteroatoms. The number of benzene rings is 2. The minimum absolute atomic E-state index is 0.0228. The van der Waals surface area contributed by atoms with Crippen molar-refractivity contribution in [3.63, 3.8) is 0 Å². The zero-order valence-electron chi connectivity index (χ0n) is 16.8. The van der Waals surface area contributed by atoms with Crippen molar-refractivity contribution < 1.29 is 14.3 Å². The lowest BCUT2D eigenvalue weighted by molar-refractivity contribution is -0.120. The second-order valence-corrected chi connectivity index (χ2v) is 7.58. The van der Waals surface area contributed by atoms with E-state index in [0.717, 1.165) is 24.5 Å². The fraction of sp³-hybridized carbons (Fsp3) is 0.391. The maximum atomic E-state index is 13.1. The predicted octanol–water partition coefficient (Wildman–Crippen LogP) is 3.82. The van der Waals surface area contributed by atoms with Gasteiger partial charge in [-0.15, -0.1) is 0 Å². The van der Waals surface area contributed by atoms with Crippen LogP contribution in [0.3, 0.4) is 0 Å². The SMILES string of the molecule is COc1ccc(N2CCCCC2)cc1NC(=O)C1CCC(=O)N1c1ccccc1. The van der Waals surface area contributed by atoms with Gasteiger partial charge in [0.1, 0.15) is 11.8 Å². The molecule has 2 aromatic rings. The van der Waals surface area contributed by atoms with Gasteiger partial charge in [0, 0.05) is 30.9 Å². The first-order valence-electron chi connectivity index (χ1n) is 10.3. The number of para-hydroxylation sites is 1. The number of carbonyl (C=O) groups excluding carboxylic acids is 2. The van der Waals surface area contributed by atoms with Crippen LogP contribution >= 0.6 is 0 Å². The molecule has 2 aliphatic heterocycles. The van der Waals surface area contributed by atoms with Crippen molar-refractivity contribution in [1.82, 2.24) is 0 Å². The van der Waals surface area contributed by atoms with Crippen LogP contribution in [0, 0.1) is 0 Å². The number of amides is 2. The summed E-state index contributed by atoms with van der Waals surface area (Å²) >= 11 is 0. The molecule has 29 heavy (non-hydrogen) atoms. The summed E-state index contributed by atoms with van der Waals surface area (Å²) in [7, 11) is 1.60. The van der Waals surface area contributed by atoms with E-state index in [4.69, 9.17) is 4.74 Å². The van der Waals surface area contributed by atoms with Gasteiger partial charge >= 0.3 is 0 Å². The Labute approximate surface area is 171 Å². The molecule has 2 heterocycles. The number of nitrogens with one attached hydrogen (secondary N) is 1. The third-order valence-electron chi connectivity index (χ3n) is 5.71. The van der Waals surface area contributed by atoms with Crippen LogP contribution in [0.15, 0.2) is 48.5 Å². The fourth-order valence-electron chi connectivity index (χ4n) is 4.20. The second-order valence-electron chi connectivity index (χ2n) is 7.58. The highest BCUT2D eigenvalue weighted by Crippen LogP contribution is 2.33.